The van der Waals surface area contributed by atoms with E-state index in [2.05, 4.69) is 16.6 Å². The molecule has 6 heteroatoms. The second kappa shape index (κ2) is 8.82. The molecule has 0 saturated heterocycles. The molecule has 0 aliphatic heterocycles. The number of nitrogens with one attached hydrogen (secondary N) is 2. The number of carbonyl (C=O) groups excluding carboxylic acids is 1. The topological polar surface area (TPSA) is 75.3 Å². The van der Waals surface area contributed by atoms with Gasteiger partial charge in [-0.15, -0.1) is 0 Å². The van der Waals surface area contributed by atoms with Gasteiger partial charge in [-0.1, -0.05) is 55.1 Å². The van der Waals surface area contributed by atoms with Crippen molar-refractivity contribution < 1.29 is 13.2 Å². The summed E-state index contributed by atoms with van der Waals surface area (Å²) in [7, 11) is -3.78. The fourth-order valence-electron chi connectivity index (χ4n) is 2.14. The molecule has 0 atom stereocenters. The third kappa shape index (κ3) is 5.19. The minimum absolute atomic E-state index is 0.126. The summed E-state index contributed by atoms with van der Waals surface area (Å²) in [6.07, 6.45) is 6.82. The van der Waals surface area contributed by atoms with E-state index in [1.54, 1.807) is 73.7 Å². The van der Waals surface area contributed by atoms with Crippen molar-refractivity contribution in [3.63, 3.8) is 0 Å². The van der Waals surface area contributed by atoms with Crippen molar-refractivity contribution in [2.45, 2.75) is 11.8 Å². The van der Waals surface area contributed by atoms with E-state index in [0.29, 0.717) is 5.70 Å². The smallest absolute Gasteiger partial charge is 0.261 e. The Morgan fingerprint density at radius 3 is 2.35 bits per heavy atom. The van der Waals surface area contributed by atoms with E-state index < -0.39 is 15.9 Å². The quantitative estimate of drug-likeness (QED) is 0.729. The first kappa shape index (κ1) is 19.2. The predicted octanol–water partition coefficient (Wildman–Crippen LogP) is 3.86. The summed E-state index contributed by atoms with van der Waals surface area (Å²) in [4.78, 5) is 12.6. The number of hydrogen-bond acceptors (Lipinski definition) is 3. The number of sulfonamides is 1. The Bertz CT molecular complexity index is 946. The summed E-state index contributed by atoms with van der Waals surface area (Å²) in [5.41, 5.74) is 1.06. The molecule has 0 aliphatic carbocycles. The molecule has 2 aromatic carbocycles. The lowest BCUT2D eigenvalue weighted by Crippen LogP contribution is -2.23. The van der Waals surface area contributed by atoms with Gasteiger partial charge >= 0.3 is 0 Å². The maximum atomic E-state index is 12.5. The SMILES string of the molecule is C=C/C=C\C=C(/C)NC(=O)c1ccccc1NS(=O)(=O)c1ccccc1. The van der Waals surface area contributed by atoms with E-state index in [9.17, 15) is 13.2 Å². The zero-order valence-corrected chi connectivity index (χ0v) is 15.2. The van der Waals surface area contributed by atoms with Crippen LogP contribution in [0.4, 0.5) is 5.69 Å². The lowest BCUT2D eigenvalue weighted by Gasteiger charge is -2.13. The molecular weight excluding hydrogens is 348 g/mol. The highest BCUT2D eigenvalue weighted by Gasteiger charge is 2.18. The number of rotatable bonds is 7. The molecule has 5 nitrogen and oxygen atoms in total. The van der Waals surface area contributed by atoms with Crippen molar-refractivity contribution in [2.24, 2.45) is 0 Å². The van der Waals surface area contributed by atoms with Crippen LogP contribution < -0.4 is 10.0 Å². The summed E-state index contributed by atoms with van der Waals surface area (Å²) < 4.78 is 27.5. The summed E-state index contributed by atoms with van der Waals surface area (Å²) in [6, 6.07) is 14.4. The first-order valence-corrected chi connectivity index (χ1v) is 9.36. The summed E-state index contributed by atoms with van der Waals surface area (Å²) in [5, 5.41) is 2.72. The Morgan fingerprint density at radius 1 is 1.00 bits per heavy atom. The van der Waals surface area contributed by atoms with Crippen molar-refractivity contribution in [1.82, 2.24) is 5.32 Å². The van der Waals surface area contributed by atoms with Gasteiger partial charge in [0.15, 0.2) is 0 Å². The van der Waals surface area contributed by atoms with E-state index in [0.717, 1.165) is 0 Å². The van der Waals surface area contributed by atoms with Gasteiger partial charge in [-0.05, 0) is 37.3 Å². The van der Waals surface area contributed by atoms with Crippen LogP contribution >= 0.6 is 0 Å². The average molecular weight is 368 g/mol. The van der Waals surface area contributed by atoms with E-state index in [1.165, 1.54) is 12.1 Å². The zero-order chi connectivity index (χ0) is 19.0. The molecule has 0 aromatic heterocycles. The van der Waals surface area contributed by atoms with Crippen LogP contribution in [-0.4, -0.2) is 14.3 Å². The third-order valence-electron chi connectivity index (χ3n) is 3.37. The fourth-order valence-corrected chi connectivity index (χ4v) is 3.24. The number of hydrogen-bond donors (Lipinski definition) is 2. The minimum Gasteiger partial charge on any atom is -0.326 e. The molecular formula is C20H20N2O3S. The molecule has 0 unspecified atom stereocenters. The zero-order valence-electron chi connectivity index (χ0n) is 14.3. The van der Waals surface area contributed by atoms with Crippen LogP contribution in [-0.2, 0) is 10.0 Å². The maximum absolute atomic E-state index is 12.5. The van der Waals surface area contributed by atoms with Gasteiger partial charge in [0.05, 0.1) is 16.1 Å². The van der Waals surface area contributed by atoms with Crippen molar-refractivity contribution in [2.75, 3.05) is 4.72 Å². The first-order chi connectivity index (χ1) is 12.4. The molecule has 0 bridgehead atoms. The third-order valence-corrected chi connectivity index (χ3v) is 4.76. The van der Waals surface area contributed by atoms with Gasteiger partial charge in [-0.3, -0.25) is 9.52 Å². The Morgan fingerprint density at radius 2 is 1.65 bits per heavy atom. The predicted molar refractivity (Wildman–Crippen MR) is 104 cm³/mol. The molecule has 0 fully saturated rings. The van der Waals surface area contributed by atoms with Gasteiger partial charge in [0.2, 0.25) is 0 Å². The maximum Gasteiger partial charge on any atom is 0.261 e. The van der Waals surface area contributed by atoms with Crippen LogP contribution in [0.2, 0.25) is 0 Å². The van der Waals surface area contributed by atoms with Crippen molar-refractivity contribution in [3.05, 3.63) is 96.7 Å². The van der Waals surface area contributed by atoms with Crippen molar-refractivity contribution in [3.8, 4) is 0 Å². The molecule has 1 amide bonds. The molecule has 134 valence electrons. The second-order valence-corrected chi connectivity index (χ2v) is 7.07. The van der Waals surface area contributed by atoms with Crippen LogP contribution in [0.3, 0.4) is 0 Å². The van der Waals surface area contributed by atoms with E-state index in [-0.39, 0.29) is 16.1 Å². The van der Waals surface area contributed by atoms with Crippen LogP contribution in [0.5, 0.6) is 0 Å². The Hall–Kier alpha value is -3.12. The van der Waals surface area contributed by atoms with Gasteiger partial charge in [0.25, 0.3) is 15.9 Å². The Labute approximate surface area is 153 Å². The second-order valence-electron chi connectivity index (χ2n) is 5.39. The Balaban J connectivity index is 2.25. The number of anilines is 1. The molecule has 2 aromatic rings. The summed E-state index contributed by atoms with van der Waals surface area (Å²) >= 11 is 0. The minimum atomic E-state index is -3.78. The van der Waals surface area contributed by atoms with Crippen molar-refractivity contribution >= 4 is 21.6 Å². The highest BCUT2D eigenvalue weighted by molar-refractivity contribution is 7.92. The molecule has 0 saturated carbocycles. The van der Waals surface area contributed by atoms with E-state index in [1.807, 2.05) is 0 Å². The Kier molecular flexibility index (Phi) is 6.52. The van der Waals surface area contributed by atoms with Crippen LogP contribution in [0.1, 0.15) is 17.3 Å². The van der Waals surface area contributed by atoms with Crippen LogP contribution in [0.15, 0.2) is 96.1 Å². The van der Waals surface area contributed by atoms with E-state index >= 15 is 0 Å². The number of allylic oxidation sites excluding steroid dienone is 5. The van der Waals surface area contributed by atoms with Gasteiger partial charge in [-0.25, -0.2) is 8.42 Å². The highest BCUT2D eigenvalue weighted by Crippen LogP contribution is 2.20. The molecule has 0 spiro atoms. The monoisotopic (exact) mass is 368 g/mol. The molecule has 0 aliphatic rings. The fraction of sp³-hybridized carbons (Fsp3) is 0.0500. The summed E-state index contributed by atoms with van der Waals surface area (Å²) in [6.45, 7) is 5.31. The number of para-hydroxylation sites is 1. The summed E-state index contributed by atoms with van der Waals surface area (Å²) in [5.74, 6) is -0.405. The first-order valence-electron chi connectivity index (χ1n) is 7.88. The normalized spacial score (nSPS) is 12.0. The largest absolute Gasteiger partial charge is 0.326 e. The average Bonchev–Trinajstić information content (AvgIpc) is 2.63. The highest BCUT2D eigenvalue weighted by atomic mass is 32.2. The van der Waals surface area contributed by atoms with Crippen LogP contribution in [0, 0.1) is 0 Å². The van der Waals surface area contributed by atoms with Crippen molar-refractivity contribution in [1.29, 1.82) is 0 Å². The number of benzene rings is 2. The van der Waals surface area contributed by atoms with Gasteiger partial charge in [0.1, 0.15) is 0 Å². The van der Waals surface area contributed by atoms with Gasteiger partial charge < -0.3 is 5.32 Å². The lowest BCUT2D eigenvalue weighted by molar-refractivity contribution is 0.0967. The number of carbonyl (C=O) groups is 1. The van der Waals surface area contributed by atoms with Gasteiger partial charge in [0, 0.05) is 5.70 Å². The lowest BCUT2D eigenvalue weighted by atomic mass is 10.1. The molecule has 0 heterocycles. The van der Waals surface area contributed by atoms with Crippen LogP contribution in [0.25, 0.3) is 0 Å². The molecule has 2 rings (SSSR count). The molecule has 0 radical (unpaired) electrons. The number of amides is 1. The standard InChI is InChI=1S/C20H20N2O3S/c1-3-4-6-11-16(2)21-20(23)18-14-9-10-15-19(18)22-26(24,25)17-12-7-5-8-13-17/h3-15,22H,1H2,2H3,(H,21,23)/b6-4-,16-11+. The molecule has 2 N–H and O–H groups in total. The van der Waals surface area contributed by atoms with Gasteiger partial charge in [-0.2, -0.15) is 0 Å². The van der Waals surface area contributed by atoms with E-state index in [4.69, 9.17) is 0 Å². The molecule has 26 heavy (non-hydrogen) atoms.